The molecule has 17 heavy (non-hydrogen) atoms. The lowest BCUT2D eigenvalue weighted by atomic mass is 9.81. The molecular weight excluding hydrogens is 238 g/mol. The summed E-state index contributed by atoms with van der Waals surface area (Å²) < 4.78 is 0. The molecule has 4 nitrogen and oxygen atoms in total. The van der Waals surface area contributed by atoms with Crippen molar-refractivity contribution >= 4 is 28.9 Å². The molecule has 0 aliphatic heterocycles. The Hall–Kier alpha value is -1.36. The highest BCUT2D eigenvalue weighted by Gasteiger charge is 2.30. The van der Waals surface area contributed by atoms with Gasteiger partial charge in [-0.1, -0.05) is 6.42 Å². The summed E-state index contributed by atoms with van der Waals surface area (Å²) in [5, 5.41) is 15.6. The molecule has 5 heteroatoms. The highest BCUT2D eigenvalue weighted by molar-refractivity contribution is 7.08. The van der Waals surface area contributed by atoms with E-state index in [1.807, 2.05) is 16.8 Å². The lowest BCUT2D eigenvalue weighted by Gasteiger charge is -2.25. The number of aliphatic carboxylic acids is 1. The third-order valence-electron chi connectivity index (χ3n) is 3.18. The summed E-state index contributed by atoms with van der Waals surface area (Å²) in [4.78, 5) is 22.8. The van der Waals surface area contributed by atoms with E-state index < -0.39 is 5.97 Å². The number of carbonyl (C=O) groups is 2. The second-order valence-electron chi connectivity index (χ2n) is 4.40. The largest absolute Gasteiger partial charge is 0.481 e. The molecule has 1 aromatic rings. The fourth-order valence-corrected chi connectivity index (χ4v) is 2.82. The van der Waals surface area contributed by atoms with Gasteiger partial charge in [0, 0.05) is 11.3 Å². The van der Waals surface area contributed by atoms with E-state index >= 15 is 0 Å². The van der Waals surface area contributed by atoms with E-state index in [1.54, 1.807) is 0 Å². The molecule has 0 radical (unpaired) electrons. The van der Waals surface area contributed by atoms with Crippen molar-refractivity contribution in [3.8, 4) is 0 Å². The molecule has 2 N–H and O–H groups in total. The first-order valence-electron chi connectivity index (χ1n) is 5.72. The van der Waals surface area contributed by atoms with Crippen molar-refractivity contribution in [1.82, 2.24) is 0 Å². The zero-order valence-corrected chi connectivity index (χ0v) is 10.2. The molecule has 1 fully saturated rings. The molecule has 2 rings (SSSR count). The minimum absolute atomic E-state index is 0.0469. The van der Waals surface area contributed by atoms with Crippen LogP contribution in [0.15, 0.2) is 16.8 Å². The number of carbonyl (C=O) groups excluding carboxylic acids is 1. The SMILES string of the molecule is O=C(O)C1CCCC(C(=O)Nc2ccsc2)C1. The van der Waals surface area contributed by atoms with Crippen LogP contribution in [0.2, 0.25) is 0 Å². The number of amides is 1. The second kappa shape index (κ2) is 5.31. The van der Waals surface area contributed by atoms with E-state index in [9.17, 15) is 9.59 Å². The van der Waals surface area contributed by atoms with Crippen molar-refractivity contribution in [2.75, 3.05) is 5.32 Å². The fourth-order valence-electron chi connectivity index (χ4n) is 2.23. The predicted octanol–water partition coefficient (Wildman–Crippen LogP) is 2.58. The summed E-state index contributed by atoms with van der Waals surface area (Å²) in [5.74, 6) is -1.35. The number of hydrogen-bond acceptors (Lipinski definition) is 3. The molecule has 0 spiro atoms. The number of rotatable bonds is 3. The van der Waals surface area contributed by atoms with Crippen LogP contribution < -0.4 is 5.32 Å². The van der Waals surface area contributed by atoms with Crippen LogP contribution in [0.4, 0.5) is 5.69 Å². The summed E-state index contributed by atoms with van der Waals surface area (Å²) in [5.41, 5.74) is 0.803. The average molecular weight is 253 g/mol. The summed E-state index contributed by atoms with van der Waals surface area (Å²) >= 11 is 1.52. The Morgan fingerprint density at radius 3 is 2.76 bits per heavy atom. The maximum atomic E-state index is 11.9. The van der Waals surface area contributed by atoms with Gasteiger partial charge in [-0.2, -0.15) is 11.3 Å². The van der Waals surface area contributed by atoms with Crippen LogP contribution in [-0.2, 0) is 9.59 Å². The first-order valence-corrected chi connectivity index (χ1v) is 6.67. The molecule has 2 unspecified atom stereocenters. The van der Waals surface area contributed by atoms with Crippen LogP contribution in [0.25, 0.3) is 0 Å². The molecule has 2 atom stereocenters. The monoisotopic (exact) mass is 253 g/mol. The minimum Gasteiger partial charge on any atom is -0.481 e. The molecule has 0 saturated heterocycles. The molecule has 0 bridgehead atoms. The number of nitrogens with one attached hydrogen (secondary N) is 1. The second-order valence-corrected chi connectivity index (χ2v) is 5.18. The lowest BCUT2D eigenvalue weighted by Crippen LogP contribution is -2.30. The van der Waals surface area contributed by atoms with Gasteiger partial charge in [-0.3, -0.25) is 9.59 Å². The van der Waals surface area contributed by atoms with Gasteiger partial charge < -0.3 is 10.4 Å². The minimum atomic E-state index is -0.780. The number of carboxylic acid groups (broad SMARTS) is 1. The summed E-state index contributed by atoms with van der Waals surface area (Å²) in [7, 11) is 0. The van der Waals surface area contributed by atoms with Crippen LogP contribution in [0.1, 0.15) is 25.7 Å². The fraction of sp³-hybridized carbons (Fsp3) is 0.500. The van der Waals surface area contributed by atoms with Gasteiger partial charge in [0.1, 0.15) is 0 Å². The Kier molecular flexibility index (Phi) is 3.78. The quantitative estimate of drug-likeness (QED) is 0.870. The van der Waals surface area contributed by atoms with Gasteiger partial charge in [0.15, 0.2) is 0 Å². The Balaban J connectivity index is 1.93. The summed E-state index contributed by atoms with van der Waals surface area (Å²) in [6, 6.07) is 1.85. The molecular formula is C12H15NO3S. The lowest BCUT2D eigenvalue weighted by molar-refractivity contribution is -0.143. The maximum absolute atomic E-state index is 11.9. The normalized spacial score (nSPS) is 24.2. The Bertz CT molecular complexity index is 402. The van der Waals surface area contributed by atoms with Crippen LogP contribution >= 0.6 is 11.3 Å². The van der Waals surface area contributed by atoms with Crippen molar-refractivity contribution in [1.29, 1.82) is 0 Å². The highest BCUT2D eigenvalue weighted by Crippen LogP contribution is 2.30. The van der Waals surface area contributed by atoms with E-state index in [0.29, 0.717) is 12.8 Å². The van der Waals surface area contributed by atoms with E-state index in [-0.39, 0.29) is 17.7 Å². The third-order valence-corrected chi connectivity index (χ3v) is 3.87. The van der Waals surface area contributed by atoms with Crippen molar-refractivity contribution in [2.45, 2.75) is 25.7 Å². The number of carboxylic acids is 1. The van der Waals surface area contributed by atoms with Gasteiger partial charge >= 0.3 is 5.97 Å². The smallest absolute Gasteiger partial charge is 0.306 e. The van der Waals surface area contributed by atoms with Crippen molar-refractivity contribution in [2.24, 2.45) is 11.8 Å². The van der Waals surface area contributed by atoms with E-state index in [4.69, 9.17) is 5.11 Å². The van der Waals surface area contributed by atoms with Crippen LogP contribution in [0.3, 0.4) is 0 Å². The first-order chi connectivity index (χ1) is 8.16. The number of thiophene rings is 1. The average Bonchev–Trinajstić information content (AvgIpc) is 2.82. The van der Waals surface area contributed by atoms with E-state index in [1.165, 1.54) is 11.3 Å². The molecule has 0 aromatic carbocycles. The molecule has 1 aliphatic rings. The molecule has 1 heterocycles. The topological polar surface area (TPSA) is 66.4 Å². The van der Waals surface area contributed by atoms with E-state index in [2.05, 4.69) is 5.32 Å². The van der Waals surface area contributed by atoms with Crippen LogP contribution in [0.5, 0.6) is 0 Å². The Morgan fingerprint density at radius 1 is 1.35 bits per heavy atom. The zero-order chi connectivity index (χ0) is 12.3. The molecule has 1 saturated carbocycles. The van der Waals surface area contributed by atoms with Gasteiger partial charge in [-0.05, 0) is 30.7 Å². The predicted molar refractivity (Wildman–Crippen MR) is 66.0 cm³/mol. The molecule has 1 amide bonds. The van der Waals surface area contributed by atoms with Crippen molar-refractivity contribution in [3.05, 3.63) is 16.8 Å². The highest BCUT2D eigenvalue weighted by atomic mass is 32.1. The molecule has 1 aliphatic carbocycles. The maximum Gasteiger partial charge on any atom is 0.306 e. The van der Waals surface area contributed by atoms with Crippen LogP contribution in [0, 0.1) is 11.8 Å². The van der Waals surface area contributed by atoms with Gasteiger partial charge in [-0.15, -0.1) is 0 Å². The summed E-state index contributed by atoms with van der Waals surface area (Å²) in [6.07, 6.45) is 2.77. The summed E-state index contributed by atoms with van der Waals surface area (Å²) in [6.45, 7) is 0. The zero-order valence-electron chi connectivity index (χ0n) is 9.39. The van der Waals surface area contributed by atoms with Gasteiger partial charge in [0.25, 0.3) is 0 Å². The van der Waals surface area contributed by atoms with Crippen LogP contribution in [-0.4, -0.2) is 17.0 Å². The van der Waals surface area contributed by atoms with Crippen molar-refractivity contribution < 1.29 is 14.7 Å². The Morgan fingerprint density at radius 2 is 2.12 bits per heavy atom. The van der Waals surface area contributed by atoms with Gasteiger partial charge in [-0.25, -0.2) is 0 Å². The number of anilines is 1. The van der Waals surface area contributed by atoms with Gasteiger partial charge in [0.05, 0.1) is 11.6 Å². The van der Waals surface area contributed by atoms with E-state index in [0.717, 1.165) is 18.5 Å². The Labute approximate surface area is 104 Å². The molecule has 1 aromatic heterocycles. The number of hydrogen-bond donors (Lipinski definition) is 2. The standard InChI is InChI=1S/C12H15NO3S/c14-11(13-10-4-5-17-7-10)8-2-1-3-9(6-8)12(15)16/h4-5,7-9H,1-3,6H2,(H,13,14)(H,15,16). The van der Waals surface area contributed by atoms with Gasteiger partial charge in [0.2, 0.25) is 5.91 Å². The first kappa shape index (κ1) is 12.1. The molecule has 92 valence electrons. The third kappa shape index (κ3) is 3.06. The van der Waals surface area contributed by atoms with Crippen molar-refractivity contribution in [3.63, 3.8) is 0 Å².